The molecule has 7 heteroatoms. The van der Waals surface area contributed by atoms with Crippen molar-refractivity contribution in [2.75, 3.05) is 36.7 Å². The SMILES string of the molecule is CNc1nc(NC(C)c2ccco2)nc(N(C)C)n1. The molecule has 0 aliphatic rings. The maximum atomic E-state index is 5.34. The zero-order valence-corrected chi connectivity index (χ0v) is 11.5. The Morgan fingerprint density at radius 2 is 1.95 bits per heavy atom. The number of hydrogen-bond donors (Lipinski definition) is 2. The van der Waals surface area contributed by atoms with Gasteiger partial charge >= 0.3 is 0 Å². The highest BCUT2D eigenvalue weighted by Crippen LogP contribution is 2.19. The third-order valence-electron chi connectivity index (χ3n) is 2.56. The standard InChI is InChI=1S/C12H18N6O/c1-8(9-6-5-7-19-9)14-11-15-10(13-2)16-12(17-11)18(3)4/h5-8H,1-4H3,(H2,13,14,15,16,17). The van der Waals surface area contributed by atoms with E-state index in [-0.39, 0.29) is 6.04 Å². The fourth-order valence-corrected chi connectivity index (χ4v) is 1.54. The van der Waals surface area contributed by atoms with Gasteiger partial charge in [0.25, 0.3) is 0 Å². The van der Waals surface area contributed by atoms with E-state index >= 15 is 0 Å². The zero-order chi connectivity index (χ0) is 13.8. The van der Waals surface area contributed by atoms with Crippen LogP contribution in [0.1, 0.15) is 18.7 Å². The predicted molar refractivity (Wildman–Crippen MR) is 74.4 cm³/mol. The van der Waals surface area contributed by atoms with Crippen molar-refractivity contribution in [1.29, 1.82) is 0 Å². The maximum Gasteiger partial charge on any atom is 0.231 e. The average Bonchev–Trinajstić information content (AvgIpc) is 2.92. The Morgan fingerprint density at radius 1 is 1.21 bits per heavy atom. The first-order chi connectivity index (χ1) is 9.10. The predicted octanol–water partition coefficient (Wildman–Crippen LogP) is 1.75. The normalized spacial score (nSPS) is 12.0. The molecule has 2 aromatic rings. The molecule has 1 atom stereocenters. The number of aromatic nitrogens is 3. The molecule has 0 aliphatic carbocycles. The fraction of sp³-hybridized carbons (Fsp3) is 0.417. The van der Waals surface area contributed by atoms with E-state index in [2.05, 4.69) is 25.6 Å². The van der Waals surface area contributed by atoms with Gasteiger partial charge in [-0.25, -0.2) is 0 Å². The molecule has 0 fully saturated rings. The van der Waals surface area contributed by atoms with Gasteiger partial charge in [-0.05, 0) is 19.1 Å². The summed E-state index contributed by atoms with van der Waals surface area (Å²) in [5, 5.41) is 6.11. The van der Waals surface area contributed by atoms with Gasteiger partial charge in [-0.2, -0.15) is 15.0 Å². The molecular weight excluding hydrogens is 244 g/mol. The first kappa shape index (κ1) is 13.1. The second-order valence-electron chi connectivity index (χ2n) is 4.31. The maximum absolute atomic E-state index is 5.34. The Labute approximate surface area is 112 Å². The lowest BCUT2D eigenvalue weighted by Gasteiger charge is -2.15. The minimum absolute atomic E-state index is 0.0166. The molecule has 0 spiro atoms. The molecule has 0 saturated heterocycles. The van der Waals surface area contributed by atoms with Gasteiger partial charge in [0.15, 0.2) is 0 Å². The molecule has 0 aliphatic heterocycles. The summed E-state index contributed by atoms with van der Waals surface area (Å²) >= 11 is 0. The Hall–Kier alpha value is -2.31. The molecule has 0 aromatic carbocycles. The molecule has 102 valence electrons. The van der Waals surface area contributed by atoms with Gasteiger partial charge < -0.3 is 20.0 Å². The lowest BCUT2D eigenvalue weighted by Crippen LogP contribution is -2.17. The van der Waals surface area contributed by atoms with Crippen LogP contribution in [0.3, 0.4) is 0 Å². The molecular formula is C12H18N6O. The van der Waals surface area contributed by atoms with Crippen molar-refractivity contribution in [3.63, 3.8) is 0 Å². The van der Waals surface area contributed by atoms with Crippen LogP contribution in [0.25, 0.3) is 0 Å². The van der Waals surface area contributed by atoms with Gasteiger partial charge in [-0.3, -0.25) is 0 Å². The van der Waals surface area contributed by atoms with Gasteiger partial charge in [0, 0.05) is 21.1 Å². The highest BCUT2D eigenvalue weighted by Gasteiger charge is 2.12. The van der Waals surface area contributed by atoms with Crippen LogP contribution in [0, 0.1) is 0 Å². The van der Waals surface area contributed by atoms with Crippen molar-refractivity contribution in [3.8, 4) is 0 Å². The summed E-state index contributed by atoms with van der Waals surface area (Å²) in [6.45, 7) is 1.98. The smallest absolute Gasteiger partial charge is 0.231 e. The van der Waals surface area contributed by atoms with Crippen LogP contribution in [0.2, 0.25) is 0 Å². The van der Waals surface area contributed by atoms with E-state index < -0.39 is 0 Å². The van der Waals surface area contributed by atoms with Crippen molar-refractivity contribution in [2.24, 2.45) is 0 Å². The molecule has 2 N–H and O–H groups in total. The second-order valence-corrected chi connectivity index (χ2v) is 4.31. The number of nitrogens with zero attached hydrogens (tertiary/aromatic N) is 4. The van der Waals surface area contributed by atoms with Crippen molar-refractivity contribution < 1.29 is 4.42 Å². The van der Waals surface area contributed by atoms with E-state index in [4.69, 9.17) is 4.42 Å². The number of anilines is 3. The minimum Gasteiger partial charge on any atom is -0.467 e. The first-order valence-corrected chi connectivity index (χ1v) is 6.01. The number of nitrogens with one attached hydrogen (secondary N) is 2. The summed E-state index contributed by atoms with van der Waals surface area (Å²) in [4.78, 5) is 14.7. The van der Waals surface area contributed by atoms with Crippen LogP contribution < -0.4 is 15.5 Å². The van der Waals surface area contributed by atoms with Crippen LogP contribution in [-0.4, -0.2) is 36.1 Å². The summed E-state index contributed by atoms with van der Waals surface area (Å²) in [6.07, 6.45) is 1.64. The van der Waals surface area contributed by atoms with Gasteiger partial charge in [0.05, 0.1) is 12.3 Å². The van der Waals surface area contributed by atoms with Crippen molar-refractivity contribution in [2.45, 2.75) is 13.0 Å². The highest BCUT2D eigenvalue weighted by molar-refractivity contribution is 5.43. The van der Waals surface area contributed by atoms with Crippen LogP contribution in [0.4, 0.5) is 17.8 Å². The van der Waals surface area contributed by atoms with Crippen molar-refractivity contribution >= 4 is 17.8 Å². The second kappa shape index (κ2) is 5.55. The third-order valence-corrected chi connectivity index (χ3v) is 2.56. The average molecular weight is 262 g/mol. The lowest BCUT2D eigenvalue weighted by molar-refractivity contribution is 0.489. The number of furan rings is 1. The van der Waals surface area contributed by atoms with E-state index in [1.165, 1.54) is 0 Å². The van der Waals surface area contributed by atoms with Crippen LogP contribution in [-0.2, 0) is 0 Å². The van der Waals surface area contributed by atoms with Crippen LogP contribution in [0.5, 0.6) is 0 Å². The van der Waals surface area contributed by atoms with Crippen LogP contribution >= 0.6 is 0 Å². The van der Waals surface area contributed by atoms with Gasteiger partial charge in [0.2, 0.25) is 17.8 Å². The third kappa shape index (κ3) is 3.12. The Bertz CT molecular complexity index is 525. The van der Waals surface area contributed by atoms with Gasteiger partial charge in [-0.1, -0.05) is 0 Å². The summed E-state index contributed by atoms with van der Waals surface area (Å²) in [6, 6.07) is 3.74. The largest absolute Gasteiger partial charge is 0.467 e. The van der Waals surface area contributed by atoms with E-state index in [9.17, 15) is 0 Å². The Kier molecular flexibility index (Phi) is 3.84. The van der Waals surface area contributed by atoms with Gasteiger partial charge in [0.1, 0.15) is 5.76 Å². The quantitative estimate of drug-likeness (QED) is 0.849. The van der Waals surface area contributed by atoms with E-state index in [0.29, 0.717) is 17.8 Å². The Morgan fingerprint density at radius 3 is 2.53 bits per heavy atom. The molecule has 0 saturated carbocycles. The van der Waals surface area contributed by atoms with E-state index in [0.717, 1.165) is 5.76 Å². The molecule has 2 rings (SSSR count). The van der Waals surface area contributed by atoms with Crippen molar-refractivity contribution in [1.82, 2.24) is 15.0 Å². The summed E-state index contributed by atoms with van der Waals surface area (Å²) in [5.41, 5.74) is 0. The minimum atomic E-state index is -0.0166. The number of rotatable bonds is 5. The summed E-state index contributed by atoms with van der Waals surface area (Å²) in [7, 11) is 5.54. The molecule has 0 radical (unpaired) electrons. The molecule has 0 amide bonds. The lowest BCUT2D eigenvalue weighted by atomic mass is 10.2. The fourth-order valence-electron chi connectivity index (χ4n) is 1.54. The monoisotopic (exact) mass is 262 g/mol. The summed E-state index contributed by atoms with van der Waals surface area (Å²) in [5.74, 6) is 2.45. The zero-order valence-electron chi connectivity index (χ0n) is 11.5. The number of hydrogen-bond acceptors (Lipinski definition) is 7. The topological polar surface area (TPSA) is 79.1 Å². The summed E-state index contributed by atoms with van der Waals surface area (Å²) < 4.78 is 5.34. The molecule has 2 aromatic heterocycles. The van der Waals surface area contributed by atoms with E-state index in [1.807, 2.05) is 38.1 Å². The highest BCUT2D eigenvalue weighted by atomic mass is 16.3. The van der Waals surface area contributed by atoms with Gasteiger partial charge in [-0.15, -0.1) is 0 Å². The molecule has 7 nitrogen and oxygen atoms in total. The van der Waals surface area contributed by atoms with Crippen molar-refractivity contribution in [3.05, 3.63) is 24.2 Å². The first-order valence-electron chi connectivity index (χ1n) is 6.01. The molecule has 0 bridgehead atoms. The Balaban J connectivity index is 2.21. The molecule has 1 unspecified atom stereocenters. The molecule has 2 heterocycles. The van der Waals surface area contributed by atoms with E-state index in [1.54, 1.807) is 13.3 Å². The molecule has 19 heavy (non-hydrogen) atoms. The van der Waals surface area contributed by atoms with Crippen LogP contribution in [0.15, 0.2) is 22.8 Å².